The topological polar surface area (TPSA) is 82.7 Å². The first-order chi connectivity index (χ1) is 18.6. The van der Waals surface area contributed by atoms with Gasteiger partial charge in [0.1, 0.15) is 5.65 Å². The highest BCUT2D eigenvalue weighted by molar-refractivity contribution is 5.84. The molecular weight excluding hydrogens is 478 g/mol. The molecule has 1 aromatic carbocycles. The average Bonchev–Trinajstić information content (AvgIpc) is 3.55. The number of carbonyl (C=O) groups excluding carboxylic acids is 1. The number of fused-ring (bicyclic) bond motifs is 2. The molecule has 4 aliphatic rings. The van der Waals surface area contributed by atoms with E-state index in [1.165, 1.54) is 27.8 Å². The number of benzene rings is 1. The van der Waals surface area contributed by atoms with Gasteiger partial charge < -0.3 is 29.6 Å². The van der Waals surface area contributed by atoms with Crippen molar-refractivity contribution in [3.63, 3.8) is 0 Å². The molecule has 200 valence electrons. The Bertz CT molecular complexity index is 1360. The third-order valence-electron chi connectivity index (χ3n) is 9.28. The van der Waals surface area contributed by atoms with E-state index in [9.17, 15) is 4.79 Å². The van der Waals surface area contributed by atoms with Crippen molar-refractivity contribution >= 4 is 17.1 Å². The molecule has 3 saturated heterocycles. The summed E-state index contributed by atoms with van der Waals surface area (Å²) in [4.78, 5) is 25.8. The molecule has 0 aliphatic carbocycles. The minimum absolute atomic E-state index is 0.121. The second kappa shape index (κ2) is 9.67. The van der Waals surface area contributed by atoms with Crippen molar-refractivity contribution in [2.45, 2.75) is 45.2 Å². The molecule has 3 aromatic rings. The maximum atomic E-state index is 13.7. The molecular formula is C30H37N5O3. The monoisotopic (exact) mass is 515 g/mol. The van der Waals surface area contributed by atoms with Gasteiger partial charge in [0.2, 0.25) is 0 Å². The Balaban J connectivity index is 1.19. The Morgan fingerprint density at radius 3 is 2.79 bits per heavy atom. The molecule has 4 aliphatic heterocycles. The fourth-order valence-corrected chi connectivity index (χ4v) is 6.91. The lowest BCUT2D eigenvalue weighted by Crippen LogP contribution is -2.46. The number of morpholine rings is 1. The van der Waals surface area contributed by atoms with E-state index in [2.05, 4.69) is 50.2 Å². The van der Waals surface area contributed by atoms with Crippen LogP contribution in [0, 0.1) is 12.3 Å². The van der Waals surface area contributed by atoms with E-state index in [0.29, 0.717) is 13.2 Å². The molecule has 7 rings (SSSR count). The van der Waals surface area contributed by atoms with Gasteiger partial charge in [0.25, 0.3) is 0 Å². The van der Waals surface area contributed by atoms with Gasteiger partial charge in [-0.15, -0.1) is 0 Å². The molecule has 1 atom stereocenters. The molecule has 2 aromatic heterocycles. The Kier molecular flexibility index (Phi) is 6.14. The number of rotatable bonds is 2. The number of nitrogens with zero attached hydrogens (tertiary/aromatic N) is 3. The number of H-pyrrole nitrogens is 1. The van der Waals surface area contributed by atoms with Gasteiger partial charge >= 0.3 is 6.03 Å². The van der Waals surface area contributed by atoms with Crippen molar-refractivity contribution in [2.75, 3.05) is 52.6 Å². The largest absolute Gasteiger partial charge is 0.381 e. The summed E-state index contributed by atoms with van der Waals surface area (Å²) in [5.41, 5.74) is 8.56. The summed E-state index contributed by atoms with van der Waals surface area (Å²) in [5, 5.41) is 4.82. The van der Waals surface area contributed by atoms with Gasteiger partial charge in [0, 0.05) is 69.3 Å². The summed E-state index contributed by atoms with van der Waals surface area (Å²) < 4.78 is 11.5. The quantitative estimate of drug-likeness (QED) is 0.535. The number of carbonyl (C=O) groups is 1. The summed E-state index contributed by atoms with van der Waals surface area (Å²) in [7, 11) is 0. The van der Waals surface area contributed by atoms with Gasteiger partial charge in [-0.3, -0.25) is 0 Å². The second-order valence-electron chi connectivity index (χ2n) is 11.6. The Labute approximate surface area is 223 Å². The van der Waals surface area contributed by atoms with Crippen molar-refractivity contribution in [1.29, 1.82) is 0 Å². The van der Waals surface area contributed by atoms with E-state index < -0.39 is 0 Å². The van der Waals surface area contributed by atoms with Crippen molar-refractivity contribution in [3.05, 3.63) is 52.8 Å². The van der Waals surface area contributed by atoms with E-state index in [1.807, 2.05) is 12.4 Å². The van der Waals surface area contributed by atoms with E-state index in [4.69, 9.17) is 9.47 Å². The Morgan fingerprint density at radius 1 is 1.05 bits per heavy atom. The van der Waals surface area contributed by atoms with Crippen LogP contribution in [0.15, 0.2) is 30.6 Å². The molecule has 6 heterocycles. The van der Waals surface area contributed by atoms with Crippen LogP contribution in [-0.4, -0.2) is 78.4 Å². The van der Waals surface area contributed by atoms with Gasteiger partial charge in [0.05, 0.1) is 19.3 Å². The molecule has 8 nitrogen and oxygen atoms in total. The van der Waals surface area contributed by atoms with E-state index in [-0.39, 0.29) is 17.5 Å². The van der Waals surface area contributed by atoms with Crippen molar-refractivity contribution in [2.24, 2.45) is 5.41 Å². The molecule has 38 heavy (non-hydrogen) atoms. The van der Waals surface area contributed by atoms with Crippen LogP contribution in [0.5, 0.6) is 0 Å². The van der Waals surface area contributed by atoms with E-state index in [1.54, 1.807) is 0 Å². The minimum atomic E-state index is 0.121. The number of aryl methyl sites for hydroxylation is 1. The number of likely N-dealkylation sites (tertiary alicyclic amines) is 1. The number of urea groups is 1. The Hall–Kier alpha value is -2.94. The fourth-order valence-electron chi connectivity index (χ4n) is 6.91. The van der Waals surface area contributed by atoms with Gasteiger partial charge in [0.15, 0.2) is 0 Å². The lowest BCUT2D eigenvalue weighted by molar-refractivity contribution is 0.0200. The molecule has 1 spiro atoms. The van der Waals surface area contributed by atoms with Crippen LogP contribution in [0.3, 0.4) is 0 Å². The molecule has 8 heteroatoms. The summed E-state index contributed by atoms with van der Waals surface area (Å²) in [6.07, 6.45) is 8.09. The van der Waals surface area contributed by atoms with Crippen LogP contribution in [0.25, 0.3) is 22.2 Å². The maximum absolute atomic E-state index is 13.7. The predicted molar refractivity (Wildman–Crippen MR) is 146 cm³/mol. The highest BCUT2D eigenvalue weighted by Gasteiger charge is 2.42. The normalized spacial score (nSPS) is 23.2. The van der Waals surface area contributed by atoms with E-state index in [0.717, 1.165) is 88.3 Å². The standard InChI is InChI=1S/C30H37N5O3/c1-20-15-32-28-24(20)14-23(16-33-28)22-12-21-2-7-34(17-26(21)25(13-22)27-18-38-11-6-31-27)29(36)35-8-3-30(19-35)4-9-37-10-5-30/h12-16,27,31H,2-11,17-19H2,1H3,(H,32,33)/t27-/m0/s1. The van der Waals surface area contributed by atoms with Crippen molar-refractivity contribution < 1.29 is 14.3 Å². The SMILES string of the molecule is Cc1c[nH]c2ncc(-c3cc4c(c([C@@H]5COCCN5)c3)CN(C(=O)N3CCC5(CCOCC5)C3)CC4)cc12. The molecule has 0 saturated carbocycles. The lowest BCUT2D eigenvalue weighted by Gasteiger charge is -2.37. The third kappa shape index (κ3) is 4.28. The molecule has 0 radical (unpaired) electrons. The summed E-state index contributed by atoms with van der Waals surface area (Å²) in [6, 6.07) is 7.18. The number of pyridine rings is 1. The van der Waals surface area contributed by atoms with Crippen LogP contribution in [0.1, 0.15) is 47.6 Å². The van der Waals surface area contributed by atoms with Gasteiger partial charge in [-0.25, -0.2) is 9.78 Å². The highest BCUT2D eigenvalue weighted by Crippen LogP contribution is 2.41. The number of amides is 2. The molecule has 0 bridgehead atoms. The van der Waals surface area contributed by atoms with Crippen LogP contribution < -0.4 is 5.32 Å². The van der Waals surface area contributed by atoms with Gasteiger partial charge in [-0.1, -0.05) is 6.07 Å². The average molecular weight is 516 g/mol. The summed E-state index contributed by atoms with van der Waals surface area (Å²) in [6.45, 7) is 9.13. The van der Waals surface area contributed by atoms with Crippen molar-refractivity contribution in [1.82, 2.24) is 25.1 Å². The number of ether oxygens (including phenoxy) is 2. The third-order valence-corrected chi connectivity index (χ3v) is 9.28. The maximum Gasteiger partial charge on any atom is 0.320 e. The zero-order chi connectivity index (χ0) is 25.7. The van der Waals surface area contributed by atoms with Crippen molar-refractivity contribution in [3.8, 4) is 11.1 Å². The molecule has 0 unspecified atom stereocenters. The fraction of sp³-hybridized carbons (Fsp3) is 0.533. The highest BCUT2D eigenvalue weighted by atomic mass is 16.5. The molecule has 2 amide bonds. The number of aromatic nitrogens is 2. The first kappa shape index (κ1) is 24.1. The number of nitrogens with one attached hydrogen (secondary N) is 2. The summed E-state index contributed by atoms with van der Waals surface area (Å²) in [5.74, 6) is 0. The number of hydrogen-bond acceptors (Lipinski definition) is 5. The van der Waals surface area contributed by atoms with Crippen LogP contribution in [0.4, 0.5) is 4.79 Å². The smallest absolute Gasteiger partial charge is 0.320 e. The minimum Gasteiger partial charge on any atom is -0.381 e. The molecule has 2 N–H and O–H groups in total. The zero-order valence-corrected chi connectivity index (χ0v) is 22.2. The number of hydrogen-bond donors (Lipinski definition) is 2. The van der Waals surface area contributed by atoms with E-state index >= 15 is 0 Å². The Morgan fingerprint density at radius 2 is 1.95 bits per heavy atom. The number of aromatic amines is 1. The van der Waals surface area contributed by atoms with Crippen LogP contribution in [-0.2, 0) is 22.4 Å². The van der Waals surface area contributed by atoms with Gasteiger partial charge in [-0.05, 0) is 78.0 Å². The second-order valence-corrected chi connectivity index (χ2v) is 11.6. The first-order valence-corrected chi connectivity index (χ1v) is 14.1. The predicted octanol–water partition coefficient (Wildman–Crippen LogP) is 4.18. The first-order valence-electron chi connectivity index (χ1n) is 14.1. The summed E-state index contributed by atoms with van der Waals surface area (Å²) >= 11 is 0. The van der Waals surface area contributed by atoms with Crippen LogP contribution >= 0.6 is 0 Å². The lowest BCUT2D eigenvalue weighted by atomic mass is 9.80. The van der Waals surface area contributed by atoms with Gasteiger partial charge in [-0.2, -0.15) is 0 Å². The molecule has 3 fully saturated rings. The zero-order valence-electron chi connectivity index (χ0n) is 22.2. The van der Waals surface area contributed by atoms with Crippen LogP contribution in [0.2, 0.25) is 0 Å².